The van der Waals surface area contributed by atoms with Gasteiger partial charge >= 0.3 is 5.97 Å². The fourth-order valence-corrected chi connectivity index (χ4v) is 1.71. The van der Waals surface area contributed by atoms with Crippen molar-refractivity contribution < 1.29 is 19.4 Å². The minimum atomic E-state index is -1.02. The zero-order chi connectivity index (χ0) is 12.3. The Morgan fingerprint density at radius 2 is 2.18 bits per heavy atom. The molecule has 1 saturated heterocycles. The first-order chi connectivity index (χ1) is 8.16. The molecule has 1 unspecified atom stereocenters. The fraction of sp³-hybridized carbons (Fsp3) is 0.636. The van der Waals surface area contributed by atoms with Crippen LogP contribution in [0.1, 0.15) is 12.8 Å². The number of hydrogen-bond donors (Lipinski definition) is 2. The first-order valence-corrected chi connectivity index (χ1v) is 5.72. The molecule has 1 saturated carbocycles. The minimum Gasteiger partial charge on any atom is -0.478 e. The zero-order valence-electron chi connectivity index (χ0n) is 9.46. The molecular weight excluding hydrogens is 224 g/mol. The van der Waals surface area contributed by atoms with Crippen molar-refractivity contribution in [1.82, 2.24) is 10.2 Å². The van der Waals surface area contributed by atoms with Gasteiger partial charge in [0.25, 0.3) is 0 Å². The second-order valence-electron chi connectivity index (χ2n) is 4.27. The van der Waals surface area contributed by atoms with Crippen LogP contribution < -0.4 is 5.32 Å². The first-order valence-electron chi connectivity index (χ1n) is 5.72. The van der Waals surface area contributed by atoms with Crippen molar-refractivity contribution in [3.8, 4) is 0 Å². The van der Waals surface area contributed by atoms with E-state index in [2.05, 4.69) is 5.32 Å². The number of carboxylic acids is 1. The van der Waals surface area contributed by atoms with Crippen molar-refractivity contribution in [2.24, 2.45) is 0 Å². The van der Waals surface area contributed by atoms with Crippen LogP contribution in [0.2, 0.25) is 0 Å². The lowest BCUT2D eigenvalue weighted by Gasteiger charge is -2.33. The van der Waals surface area contributed by atoms with Crippen molar-refractivity contribution >= 4 is 11.9 Å². The van der Waals surface area contributed by atoms with E-state index < -0.39 is 12.0 Å². The zero-order valence-corrected chi connectivity index (χ0v) is 9.46. The quantitative estimate of drug-likeness (QED) is 0.651. The predicted octanol–water partition coefficient (Wildman–Crippen LogP) is -0.436. The molecule has 0 spiro atoms. The molecule has 1 aliphatic carbocycles. The summed E-state index contributed by atoms with van der Waals surface area (Å²) in [5.41, 5.74) is 0. The average molecular weight is 240 g/mol. The van der Waals surface area contributed by atoms with Crippen molar-refractivity contribution in [3.63, 3.8) is 0 Å². The number of carboxylic acid groups (broad SMARTS) is 1. The summed E-state index contributed by atoms with van der Waals surface area (Å²) in [5, 5.41) is 11.5. The largest absolute Gasteiger partial charge is 0.478 e. The summed E-state index contributed by atoms with van der Waals surface area (Å²) < 4.78 is 5.26. The Morgan fingerprint density at radius 1 is 1.41 bits per heavy atom. The minimum absolute atomic E-state index is 0.0813. The first kappa shape index (κ1) is 11.9. The normalized spacial score (nSPS) is 24.9. The van der Waals surface area contributed by atoms with Crippen LogP contribution >= 0.6 is 0 Å². The highest BCUT2D eigenvalue weighted by Gasteiger charge is 2.31. The van der Waals surface area contributed by atoms with E-state index in [0.717, 1.165) is 18.9 Å². The van der Waals surface area contributed by atoms with Crippen LogP contribution in [0.4, 0.5) is 0 Å². The van der Waals surface area contributed by atoms with Gasteiger partial charge in [0.05, 0.1) is 13.2 Å². The van der Waals surface area contributed by atoms with Crippen LogP contribution in [0.25, 0.3) is 0 Å². The Morgan fingerprint density at radius 3 is 2.82 bits per heavy atom. The number of carbonyl (C=O) groups is 2. The number of rotatable bonds is 4. The molecule has 6 heteroatoms. The Labute approximate surface area is 99.2 Å². The van der Waals surface area contributed by atoms with Crippen molar-refractivity contribution in [3.05, 3.63) is 12.3 Å². The highest BCUT2D eigenvalue weighted by atomic mass is 16.5. The fourth-order valence-electron chi connectivity index (χ4n) is 1.71. The number of amides is 1. The standard InChI is InChI=1S/C11H16N2O4/c14-10(15)3-4-13-5-6-17-7-9(13)11(16)12-8-1-2-8/h3-4,8-9H,1-2,5-7H2,(H,12,16)(H,14,15)/b4-3+. The number of ether oxygens (including phenoxy) is 1. The van der Waals surface area contributed by atoms with E-state index in [0.29, 0.717) is 25.8 Å². The summed E-state index contributed by atoms with van der Waals surface area (Å²) >= 11 is 0. The summed E-state index contributed by atoms with van der Waals surface area (Å²) in [6, 6.07) is -0.116. The SMILES string of the molecule is O=C(O)/C=C/N1CCOCC1C(=O)NC1CC1. The maximum atomic E-state index is 11.9. The number of nitrogens with one attached hydrogen (secondary N) is 1. The highest BCUT2D eigenvalue weighted by Crippen LogP contribution is 2.19. The topological polar surface area (TPSA) is 78.9 Å². The Kier molecular flexibility index (Phi) is 3.63. The maximum Gasteiger partial charge on any atom is 0.329 e. The van der Waals surface area contributed by atoms with E-state index in [9.17, 15) is 9.59 Å². The molecule has 0 bridgehead atoms. The van der Waals surface area contributed by atoms with E-state index in [4.69, 9.17) is 9.84 Å². The molecule has 0 radical (unpaired) electrons. The van der Waals surface area contributed by atoms with Gasteiger partial charge in [0, 0.05) is 24.9 Å². The molecule has 94 valence electrons. The summed E-state index contributed by atoms with van der Waals surface area (Å²) in [6.45, 7) is 1.35. The molecule has 1 aliphatic heterocycles. The van der Waals surface area contributed by atoms with Gasteiger partial charge in [-0.2, -0.15) is 0 Å². The maximum absolute atomic E-state index is 11.9. The van der Waals surface area contributed by atoms with Crippen LogP contribution in [0, 0.1) is 0 Å². The lowest BCUT2D eigenvalue weighted by Crippen LogP contribution is -2.52. The Hall–Kier alpha value is -1.56. The highest BCUT2D eigenvalue weighted by molar-refractivity contribution is 5.83. The molecule has 0 aromatic rings. The molecule has 1 heterocycles. The van der Waals surface area contributed by atoms with Crippen LogP contribution in [0.5, 0.6) is 0 Å². The second kappa shape index (κ2) is 5.18. The van der Waals surface area contributed by atoms with Gasteiger partial charge in [0.2, 0.25) is 5.91 Å². The summed E-state index contributed by atoms with van der Waals surface area (Å²) in [4.78, 5) is 24.1. The monoisotopic (exact) mass is 240 g/mol. The van der Waals surface area contributed by atoms with E-state index in [1.54, 1.807) is 4.90 Å². The average Bonchev–Trinajstić information content (AvgIpc) is 3.10. The second-order valence-corrected chi connectivity index (χ2v) is 4.27. The number of carbonyl (C=O) groups excluding carboxylic acids is 1. The third-order valence-corrected chi connectivity index (χ3v) is 2.80. The summed E-state index contributed by atoms with van der Waals surface area (Å²) in [7, 11) is 0. The molecule has 6 nitrogen and oxygen atoms in total. The van der Waals surface area contributed by atoms with Crippen molar-refractivity contribution in [2.45, 2.75) is 24.9 Å². The Bertz CT molecular complexity index is 338. The predicted molar refractivity (Wildman–Crippen MR) is 59.3 cm³/mol. The molecule has 0 aromatic carbocycles. The number of morpholine rings is 1. The van der Waals surface area contributed by atoms with E-state index in [1.165, 1.54) is 6.20 Å². The number of aliphatic carboxylic acids is 1. The molecule has 2 aliphatic rings. The molecule has 2 rings (SSSR count). The molecule has 1 atom stereocenters. The third kappa shape index (κ3) is 3.45. The van der Waals surface area contributed by atoms with Gasteiger partial charge in [-0.1, -0.05) is 0 Å². The molecule has 0 aromatic heterocycles. The third-order valence-electron chi connectivity index (χ3n) is 2.80. The molecule has 2 N–H and O–H groups in total. The van der Waals surface area contributed by atoms with Gasteiger partial charge in [-0.15, -0.1) is 0 Å². The van der Waals surface area contributed by atoms with Crippen molar-refractivity contribution in [2.75, 3.05) is 19.8 Å². The van der Waals surface area contributed by atoms with Crippen LogP contribution in [-0.4, -0.2) is 53.7 Å². The summed E-state index contributed by atoms with van der Waals surface area (Å²) in [6.07, 6.45) is 4.55. The van der Waals surface area contributed by atoms with Gasteiger partial charge in [-0.3, -0.25) is 4.79 Å². The van der Waals surface area contributed by atoms with E-state index in [-0.39, 0.29) is 5.91 Å². The summed E-state index contributed by atoms with van der Waals surface area (Å²) in [5.74, 6) is -1.10. The van der Waals surface area contributed by atoms with Gasteiger partial charge in [0.1, 0.15) is 6.04 Å². The van der Waals surface area contributed by atoms with E-state index in [1.807, 2.05) is 0 Å². The van der Waals surface area contributed by atoms with Gasteiger partial charge in [-0.05, 0) is 12.8 Å². The molecule has 17 heavy (non-hydrogen) atoms. The van der Waals surface area contributed by atoms with Crippen LogP contribution in [-0.2, 0) is 14.3 Å². The molecule has 1 amide bonds. The van der Waals surface area contributed by atoms with Crippen LogP contribution in [0.15, 0.2) is 12.3 Å². The Balaban J connectivity index is 1.95. The van der Waals surface area contributed by atoms with E-state index >= 15 is 0 Å². The molecular formula is C11H16N2O4. The van der Waals surface area contributed by atoms with Crippen molar-refractivity contribution in [1.29, 1.82) is 0 Å². The van der Waals surface area contributed by atoms with Crippen LogP contribution in [0.3, 0.4) is 0 Å². The van der Waals surface area contributed by atoms with Gasteiger partial charge < -0.3 is 20.1 Å². The lowest BCUT2D eigenvalue weighted by atomic mass is 10.2. The van der Waals surface area contributed by atoms with Gasteiger partial charge in [0.15, 0.2) is 0 Å². The molecule has 2 fully saturated rings. The van der Waals surface area contributed by atoms with Gasteiger partial charge in [-0.25, -0.2) is 4.79 Å². The number of hydrogen-bond acceptors (Lipinski definition) is 4. The lowest BCUT2D eigenvalue weighted by molar-refractivity contribution is -0.133. The number of nitrogens with zero attached hydrogens (tertiary/aromatic N) is 1. The smallest absolute Gasteiger partial charge is 0.329 e.